The fraction of sp³-hybridized carbons (Fsp3) is 0.182. The van der Waals surface area contributed by atoms with Gasteiger partial charge in [-0.05, 0) is 26.3 Å². The summed E-state index contributed by atoms with van der Waals surface area (Å²) >= 11 is 0. The lowest BCUT2D eigenvalue weighted by atomic mass is 10.0. The van der Waals surface area contributed by atoms with Gasteiger partial charge in [-0.15, -0.1) is 0 Å². The van der Waals surface area contributed by atoms with Crippen molar-refractivity contribution in [2.75, 3.05) is 0 Å². The first-order chi connectivity index (χ1) is 7.82. The first-order valence-electron chi connectivity index (χ1n) is 4.55. The molecular formula is C11H10F4NO. The average Bonchev–Trinajstić information content (AvgIpc) is 2.29. The minimum Gasteiger partial charge on any atom is -0.411 e. The van der Waals surface area contributed by atoms with Crippen molar-refractivity contribution in [3.05, 3.63) is 46.9 Å². The molecule has 0 aliphatic carbocycles. The number of hydrogen-bond donors (Lipinski definition) is 1. The van der Waals surface area contributed by atoms with E-state index in [1.54, 1.807) is 0 Å². The van der Waals surface area contributed by atoms with Gasteiger partial charge in [0.05, 0.1) is 5.56 Å². The van der Waals surface area contributed by atoms with Gasteiger partial charge in [-0.2, -0.15) is 5.90 Å². The van der Waals surface area contributed by atoms with Crippen LogP contribution in [0.5, 0.6) is 0 Å². The predicted octanol–water partition coefficient (Wildman–Crippen LogP) is 3.07. The van der Waals surface area contributed by atoms with E-state index in [2.05, 4.69) is 11.8 Å². The van der Waals surface area contributed by atoms with Crippen LogP contribution in [0.3, 0.4) is 0 Å². The van der Waals surface area contributed by atoms with Crippen LogP contribution >= 0.6 is 0 Å². The first-order valence-corrected chi connectivity index (χ1v) is 4.55. The number of hydrogen-bond acceptors (Lipinski definition) is 2. The summed E-state index contributed by atoms with van der Waals surface area (Å²) in [7, 11) is 0. The molecule has 17 heavy (non-hydrogen) atoms. The summed E-state index contributed by atoms with van der Waals surface area (Å²) in [5.41, 5.74) is -1.69. The van der Waals surface area contributed by atoms with E-state index in [9.17, 15) is 17.6 Å². The van der Waals surface area contributed by atoms with Crippen LogP contribution < -0.4 is 5.90 Å². The fourth-order valence-corrected chi connectivity index (χ4v) is 1.30. The summed E-state index contributed by atoms with van der Waals surface area (Å²) in [4.78, 5) is 4.26. The van der Waals surface area contributed by atoms with Crippen molar-refractivity contribution >= 4 is 5.76 Å². The van der Waals surface area contributed by atoms with Crippen LogP contribution in [-0.4, -0.2) is 0 Å². The lowest BCUT2D eigenvalue weighted by Gasteiger charge is -2.12. The predicted molar refractivity (Wildman–Crippen MR) is 54.3 cm³/mol. The molecule has 93 valence electrons. The summed E-state index contributed by atoms with van der Waals surface area (Å²) in [6, 6.07) is 0. The van der Waals surface area contributed by atoms with E-state index in [1.807, 2.05) is 0 Å². The molecule has 2 N–H and O–H groups in total. The van der Waals surface area contributed by atoms with E-state index in [0.717, 1.165) is 0 Å². The maximum atomic E-state index is 13.5. The molecule has 2 nitrogen and oxygen atoms in total. The molecule has 0 unspecified atom stereocenters. The quantitative estimate of drug-likeness (QED) is 0.378. The van der Waals surface area contributed by atoms with Gasteiger partial charge < -0.3 is 4.84 Å². The van der Waals surface area contributed by atoms with Gasteiger partial charge in [-0.3, -0.25) is 0 Å². The molecule has 0 aromatic heterocycles. The molecule has 0 amide bonds. The van der Waals surface area contributed by atoms with E-state index < -0.39 is 40.2 Å². The molecule has 0 aliphatic rings. The van der Waals surface area contributed by atoms with Gasteiger partial charge in [0.15, 0.2) is 29.0 Å². The standard InChI is InChI=1S/C11H10F4NO/c1-4(2)11(17-16)6-9(14)7(12)5(3)8(13)10(6)15/h3,16H2,1-2H3. The summed E-state index contributed by atoms with van der Waals surface area (Å²) in [6.07, 6.45) is 0. The van der Waals surface area contributed by atoms with E-state index in [1.165, 1.54) is 13.8 Å². The highest BCUT2D eigenvalue weighted by Gasteiger charge is 2.26. The molecule has 0 saturated carbocycles. The van der Waals surface area contributed by atoms with Crippen LogP contribution in [0.15, 0.2) is 5.57 Å². The number of nitrogens with two attached hydrogens (primary N) is 1. The Morgan fingerprint density at radius 3 is 1.71 bits per heavy atom. The zero-order valence-corrected chi connectivity index (χ0v) is 9.20. The van der Waals surface area contributed by atoms with Crippen molar-refractivity contribution in [2.45, 2.75) is 13.8 Å². The molecule has 0 heterocycles. The van der Waals surface area contributed by atoms with Crippen molar-refractivity contribution in [3.63, 3.8) is 0 Å². The van der Waals surface area contributed by atoms with Crippen molar-refractivity contribution in [1.82, 2.24) is 0 Å². The summed E-state index contributed by atoms with van der Waals surface area (Å²) in [6.45, 7) is 5.75. The minimum absolute atomic E-state index is 0.265. The van der Waals surface area contributed by atoms with Crippen molar-refractivity contribution < 1.29 is 22.4 Å². The van der Waals surface area contributed by atoms with Crippen LogP contribution in [0.1, 0.15) is 25.0 Å². The molecule has 1 rings (SSSR count). The Hall–Kier alpha value is -1.56. The van der Waals surface area contributed by atoms with Crippen molar-refractivity contribution in [1.29, 1.82) is 0 Å². The molecule has 0 fully saturated rings. The van der Waals surface area contributed by atoms with Crippen LogP contribution in [-0.2, 0) is 4.84 Å². The Morgan fingerprint density at radius 2 is 1.41 bits per heavy atom. The van der Waals surface area contributed by atoms with Crippen LogP contribution in [0.2, 0.25) is 0 Å². The second kappa shape index (κ2) is 4.75. The molecule has 0 aliphatic heterocycles. The average molecular weight is 248 g/mol. The Morgan fingerprint density at radius 1 is 1.00 bits per heavy atom. The lowest BCUT2D eigenvalue weighted by molar-refractivity contribution is 0.282. The second-order valence-corrected chi connectivity index (χ2v) is 3.56. The Balaban J connectivity index is 3.72. The van der Waals surface area contributed by atoms with Crippen molar-refractivity contribution in [3.8, 4) is 0 Å². The fourth-order valence-electron chi connectivity index (χ4n) is 1.30. The van der Waals surface area contributed by atoms with Crippen molar-refractivity contribution in [2.24, 2.45) is 5.90 Å². The smallest absolute Gasteiger partial charge is 0.173 e. The summed E-state index contributed by atoms with van der Waals surface area (Å²) in [5.74, 6) is -1.95. The number of allylic oxidation sites excluding steroid dienone is 1. The largest absolute Gasteiger partial charge is 0.411 e. The number of halogens is 4. The van der Waals surface area contributed by atoms with Gasteiger partial charge >= 0.3 is 0 Å². The molecular weight excluding hydrogens is 238 g/mol. The van der Waals surface area contributed by atoms with Crippen LogP contribution in [0, 0.1) is 30.2 Å². The van der Waals surface area contributed by atoms with Gasteiger partial charge in [-0.25, -0.2) is 17.6 Å². The van der Waals surface area contributed by atoms with Gasteiger partial charge in [0, 0.05) is 5.56 Å². The van der Waals surface area contributed by atoms with E-state index in [0.29, 0.717) is 0 Å². The molecule has 0 bridgehead atoms. The maximum absolute atomic E-state index is 13.5. The molecule has 0 saturated heterocycles. The Kier molecular flexibility index (Phi) is 3.77. The second-order valence-electron chi connectivity index (χ2n) is 3.56. The topological polar surface area (TPSA) is 35.2 Å². The summed E-state index contributed by atoms with van der Waals surface area (Å²) in [5, 5.41) is 0. The van der Waals surface area contributed by atoms with Crippen LogP contribution in [0.25, 0.3) is 5.76 Å². The highest BCUT2D eigenvalue weighted by atomic mass is 19.2. The Labute approximate surface area is 95.6 Å². The van der Waals surface area contributed by atoms with Gasteiger partial charge in [0.25, 0.3) is 0 Å². The highest BCUT2D eigenvalue weighted by molar-refractivity contribution is 5.64. The first kappa shape index (κ1) is 13.5. The molecule has 1 radical (unpaired) electrons. The SMILES string of the molecule is [CH2]c1c(F)c(F)c(C(ON)=C(C)C)c(F)c1F. The minimum atomic E-state index is -1.59. The highest BCUT2D eigenvalue weighted by Crippen LogP contribution is 2.30. The third-order valence-corrected chi connectivity index (χ3v) is 2.15. The zero-order valence-electron chi connectivity index (χ0n) is 9.20. The number of rotatable bonds is 2. The molecule has 1 aromatic carbocycles. The van der Waals surface area contributed by atoms with E-state index in [4.69, 9.17) is 5.90 Å². The third-order valence-electron chi connectivity index (χ3n) is 2.15. The third kappa shape index (κ3) is 2.12. The Bertz CT molecular complexity index is 464. The molecule has 0 atom stereocenters. The van der Waals surface area contributed by atoms with Gasteiger partial charge in [-0.1, -0.05) is 0 Å². The molecule has 6 heteroatoms. The van der Waals surface area contributed by atoms with Gasteiger partial charge in [0.2, 0.25) is 0 Å². The molecule has 1 aromatic rings. The molecule has 0 spiro atoms. The van der Waals surface area contributed by atoms with Gasteiger partial charge in [0.1, 0.15) is 0 Å². The van der Waals surface area contributed by atoms with E-state index in [-0.39, 0.29) is 5.57 Å². The normalized spacial score (nSPS) is 10.4. The van der Waals surface area contributed by atoms with E-state index >= 15 is 0 Å². The summed E-state index contributed by atoms with van der Waals surface area (Å²) < 4.78 is 53.5. The maximum Gasteiger partial charge on any atom is 0.173 e. The zero-order chi connectivity index (χ0) is 13.3. The van der Waals surface area contributed by atoms with Crippen LogP contribution in [0.4, 0.5) is 17.6 Å². The number of benzene rings is 1. The lowest BCUT2D eigenvalue weighted by Crippen LogP contribution is -2.10. The monoisotopic (exact) mass is 248 g/mol.